The van der Waals surface area contributed by atoms with Gasteiger partial charge in [-0.1, -0.05) is 19.1 Å². The van der Waals surface area contributed by atoms with Gasteiger partial charge in [0.25, 0.3) is 5.69 Å². The summed E-state index contributed by atoms with van der Waals surface area (Å²) in [7, 11) is 0. The number of anilines is 1. The van der Waals surface area contributed by atoms with Crippen molar-refractivity contribution in [2.24, 2.45) is 5.92 Å². The minimum Gasteiger partial charge on any atom is -0.384 e. The van der Waals surface area contributed by atoms with E-state index in [1.54, 1.807) is 6.07 Å². The third-order valence-electron chi connectivity index (χ3n) is 4.63. The summed E-state index contributed by atoms with van der Waals surface area (Å²) < 4.78 is 0. The summed E-state index contributed by atoms with van der Waals surface area (Å²) in [6.07, 6.45) is 2.40. The number of nitro benzene ring substituents is 1. The van der Waals surface area contributed by atoms with Crippen molar-refractivity contribution >= 4 is 22.3 Å². The molecule has 0 saturated carbocycles. The average Bonchev–Trinajstić information content (AvgIpc) is 2.99. The Morgan fingerprint density at radius 2 is 2.29 bits per heavy atom. The molecule has 3 rings (SSSR count). The maximum absolute atomic E-state index is 11.2. The summed E-state index contributed by atoms with van der Waals surface area (Å²) in [6.45, 7) is 8.44. The van der Waals surface area contributed by atoms with Crippen LogP contribution in [0.1, 0.15) is 25.5 Å². The lowest BCUT2D eigenvalue weighted by atomic mass is 10.1. The zero-order valence-electron chi connectivity index (χ0n) is 14.3. The fraction of sp³-hybridized carbons (Fsp3) is 0.500. The Hall–Kier alpha value is -2.21. The molecule has 6 heteroatoms. The van der Waals surface area contributed by atoms with Crippen LogP contribution in [0.25, 0.3) is 10.9 Å². The van der Waals surface area contributed by atoms with E-state index in [0.717, 1.165) is 29.9 Å². The van der Waals surface area contributed by atoms with E-state index < -0.39 is 0 Å². The van der Waals surface area contributed by atoms with E-state index in [-0.39, 0.29) is 10.6 Å². The van der Waals surface area contributed by atoms with E-state index in [1.165, 1.54) is 32.0 Å². The van der Waals surface area contributed by atoms with Crippen molar-refractivity contribution in [3.63, 3.8) is 0 Å². The van der Waals surface area contributed by atoms with E-state index in [4.69, 9.17) is 0 Å². The third kappa shape index (κ3) is 3.48. The lowest BCUT2D eigenvalue weighted by Gasteiger charge is -2.16. The molecule has 1 atom stereocenters. The van der Waals surface area contributed by atoms with E-state index in [1.807, 2.05) is 19.1 Å². The molecule has 0 radical (unpaired) electrons. The van der Waals surface area contributed by atoms with Crippen LogP contribution in [0.5, 0.6) is 0 Å². The number of nitrogens with zero attached hydrogens (tertiary/aromatic N) is 3. The Morgan fingerprint density at radius 1 is 1.46 bits per heavy atom. The predicted octanol–water partition coefficient (Wildman–Crippen LogP) is 3.60. The van der Waals surface area contributed by atoms with Gasteiger partial charge >= 0.3 is 0 Å². The van der Waals surface area contributed by atoms with Gasteiger partial charge in [0.05, 0.1) is 4.92 Å². The van der Waals surface area contributed by atoms with Crippen molar-refractivity contribution in [1.82, 2.24) is 9.88 Å². The Balaban J connectivity index is 1.80. The number of nitro groups is 1. The zero-order valence-corrected chi connectivity index (χ0v) is 14.3. The molecule has 1 aliphatic heterocycles. The molecular formula is C18H24N4O2. The van der Waals surface area contributed by atoms with Gasteiger partial charge in [0.15, 0.2) is 5.52 Å². The van der Waals surface area contributed by atoms with Crippen LogP contribution in [0.3, 0.4) is 0 Å². The number of rotatable bonds is 6. The highest BCUT2D eigenvalue weighted by atomic mass is 16.6. The molecule has 6 nitrogen and oxygen atoms in total. The van der Waals surface area contributed by atoms with Crippen LogP contribution >= 0.6 is 0 Å². The van der Waals surface area contributed by atoms with Crippen LogP contribution in [0.4, 0.5) is 11.4 Å². The van der Waals surface area contributed by atoms with Gasteiger partial charge in [-0.2, -0.15) is 0 Å². The molecule has 1 N–H and O–H groups in total. The molecule has 128 valence electrons. The van der Waals surface area contributed by atoms with Crippen molar-refractivity contribution < 1.29 is 4.92 Å². The number of nitrogens with one attached hydrogen (secondary N) is 1. The summed E-state index contributed by atoms with van der Waals surface area (Å²) in [5.41, 5.74) is 2.26. The number of hydrogen-bond acceptors (Lipinski definition) is 5. The lowest BCUT2D eigenvalue weighted by Crippen LogP contribution is -2.23. The van der Waals surface area contributed by atoms with Gasteiger partial charge in [-0.25, -0.2) is 4.98 Å². The average molecular weight is 328 g/mol. The second kappa shape index (κ2) is 7.13. The first kappa shape index (κ1) is 16.6. The standard InChI is InChI=1S/C18H24N4O2/c1-3-8-21-9-7-14(12-21)11-19-16-10-13(2)20-18-15(16)5-4-6-17(18)22(23)24/h4-6,10,14H,3,7-9,11-12H2,1-2H3,(H,19,20). The molecule has 0 spiro atoms. The number of non-ortho nitro benzene ring substituents is 1. The van der Waals surface area contributed by atoms with Gasteiger partial charge in [-0.3, -0.25) is 10.1 Å². The van der Waals surface area contributed by atoms with E-state index in [0.29, 0.717) is 11.4 Å². The summed E-state index contributed by atoms with van der Waals surface area (Å²) in [6, 6.07) is 7.11. The highest BCUT2D eigenvalue weighted by Gasteiger charge is 2.22. The zero-order chi connectivity index (χ0) is 17.1. The highest BCUT2D eigenvalue weighted by molar-refractivity contribution is 5.96. The van der Waals surface area contributed by atoms with Crippen molar-refractivity contribution in [3.05, 3.63) is 40.1 Å². The first-order valence-corrected chi connectivity index (χ1v) is 8.59. The fourth-order valence-corrected chi connectivity index (χ4v) is 3.51. The quantitative estimate of drug-likeness (QED) is 0.648. The molecule has 0 bridgehead atoms. The van der Waals surface area contributed by atoms with Crippen molar-refractivity contribution in [2.45, 2.75) is 26.7 Å². The van der Waals surface area contributed by atoms with Crippen LogP contribution in [-0.2, 0) is 0 Å². The highest BCUT2D eigenvalue weighted by Crippen LogP contribution is 2.30. The first-order valence-electron chi connectivity index (χ1n) is 8.59. The molecule has 1 aromatic carbocycles. The monoisotopic (exact) mass is 328 g/mol. The largest absolute Gasteiger partial charge is 0.384 e. The molecule has 2 aromatic rings. The molecule has 1 fully saturated rings. The Bertz CT molecular complexity index is 747. The topological polar surface area (TPSA) is 71.3 Å². The number of para-hydroxylation sites is 1. The Labute approximate surface area is 142 Å². The van der Waals surface area contributed by atoms with Crippen LogP contribution in [0.2, 0.25) is 0 Å². The van der Waals surface area contributed by atoms with Crippen molar-refractivity contribution in [1.29, 1.82) is 0 Å². The molecule has 0 amide bonds. The summed E-state index contributed by atoms with van der Waals surface area (Å²) in [4.78, 5) is 17.8. The number of likely N-dealkylation sites (tertiary alicyclic amines) is 1. The maximum Gasteiger partial charge on any atom is 0.295 e. The van der Waals surface area contributed by atoms with Crippen LogP contribution < -0.4 is 5.32 Å². The minimum atomic E-state index is -0.363. The van der Waals surface area contributed by atoms with E-state index in [9.17, 15) is 10.1 Å². The van der Waals surface area contributed by atoms with Gasteiger partial charge < -0.3 is 10.2 Å². The van der Waals surface area contributed by atoms with Crippen molar-refractivity contribution in [2.75, 3.05) is 31.5 Å². The molecule has 1 aromatic heterocycles. The van der Waals surface area contributed by atoms with Crippen LogP contribution in [-0.4, -0.2) is 41.0 Å². The summed E-state index contributed by atoms with van der Waals surface area (Å²) >= 11 is 0. The fourth-order valence-electron chi connectivity index (χ4n) is 3.51. The second-order valence-corrected chi connectivity index (χ2v) is 6.58. The number of aryl methyl sites for hydroxylation is 1. The van der Waals surface area contributed by atoms with Crippen LogP contribution in [0.15, 0.2) is 24.3 Å². The number of aromatic nitrogens is 1. The smallest absolute Gasteiger partial charge is 0.295 e. The molecular weight excluding hydrogens is 304 g/mol. The first-order chi connectivity index (χ1) is 11.6. The molecule has 24 heavy (non-hydrogen) atoms. The number of benzene rings is 1. The van der Waals surface area contributed by atoms with Gasteiger partial charge in [-0.05, 0) is 44.8 Å². The number of pyridine rings is 1. The second-order valence-electron chi connectivity index (χ2n) is 6.58. The summed E-state index contributed by atoms with van der Waals surface area (Å²) in [5, 5.41) is 15.6. The normalized spacial score (nSPS) is 18.2. The van der Waals surface area contributed by atoms with Gasteiger partial charge in [0, 0.05) is 35.9 Å². The third-order valence-corrected chi connectivity index (χ3v) is 4.63. The SMILES string of the molecule is CCCN1CCC(CNc2cc(C)nc3c([N+](=O)[O-])cccc23)C1. The molecule has 0 aliphatic carbocycles. The lowest BCUT2D eigenvalue weighted by molar-refractivity contribution is -0.383. The predicted molar refractivity (Wildman–Crippen MR) is 96.5 cm³/mol. The molecule has 1 saturated heterocycles. The maximum atomic E-state index is 11.2. The Kier molecular flexibility index (Phi) is 4.94. The van der Waals surface area contributed by atoms with Crippen LogP contribution in [0, 0.1) is 23.0 Å². The minimum absolute atomic E-state index is 0.0641. The molecule has 1 aliphatic rings. The molecule has 2 heterocycles. The van der Waals surface area contributed by atoms with E-state index >= 15 is 0 Å². The van der Waals surface area contributed by atoms with E-state index in [2.05, 4.69) is 22.1 Å². The van der Waals surface area contributed by atoms with Gasteiger partial charge in [0.2, 0.25) is 0 Å². The van der Waals surface area contributed by atoms with Crippen molar-refractivity contribution in [3.8, 4) is 0 Å². The Morgan fingerprint density at radius 3 is 3.04 bits per heavy atom. The van der Waals surface area contributed by atoms with Gasteiger partial charge in [-0.15, -0.1) is 0 Å². The molecule has 1 unspecified atom stereocenters. The number of hydrogen-bond donors (Lipinski definition) is 1. The number of fused-ring (bicyclic) bond motifs is 1. The summed E-state index contributed by atoms with van der Waals surface area (Å²) in [5.74, 6) is 0.624. The van der Waals surface area contributed by atoms with Gasteiger partial charge in [0.1, 0.15) is 0 Å².